The minimum absolute atomic E-state index is 0.0180. The molecule has 4 rings (SSSR count). The summed E-state index contributed by atoms with van der Waals surface area (Å²) >= 11 is 0. The highest BCUT2D eigenvalue weighted by atomic mass is 16.5. The molecular formula is C23H24N4O2. The molecule has 0 radical (unpaired) electrons. The first-order chi connectivity index (χ1) is 14.0. The number of ether oxygens (including phenoxy) is 1. The fourth-order valence-electron chi connectivity index (χ4n) is 3.82. The first-order valence-electron chi connectivity index (χ1n) is 9.67. The van der Waals surface area contributed by atoms with Crippen LogP contribution in [0.3, 0.4) is 0 Å². The molecule has 1 amide bonds. The van der Waals surface area contributed by atoms with Gasteiger partial charge in [0.2, 0.25) is 0 Å². The maximum atomic E-state index is 13.1. The quantitative estimate of drug-likeness (QED) is 0.449. The van der Waals surface area contributed by atoms with Gasteiger partial charge in [0, 0.05) is 17.0 Å². The van der Waals surface area contributed by atoms with Crippen LogP contribution in [0.4, 0.5) is 5.69 Å². The van der Waals surface area contributed by atoms with Gasteiger partial charge in [-0.05, 0) is 54.6 Å². The van der Waals surface area contributed by atoms with E-state index < -0.39 is 0 Å². The summed E-state index contributed by atoms with van der Waals surface area (Å²) in [7, 11) is 1.64. The standard InChI is InChI=1S/C23H24N4O2/c1-15(2)27(25-24)14-17-9-12-21-22-19(17)5-4-6-20(22)23(28)26(21)13-16-7-10-18(29-3)11-8-16/h4-12,15,24H,13-14H2,1-3H3. The fourth-order valence-corrected chi connectivity index (χ4v) is 3.82. The lowest BCUT2D eigenvalue weighted by Crippen LogP contribution is -2.26. The van der Waals surface area contributed by atoms with Crippen LogP contribution in [0.2, 0.25) is 0 Å². The van der Waals surface area contributed by atoms with E-state index in [9.17, 15) is 4.79 Å². The van der Waals surface area contributed by atoms with Gasteiger partial charge >= 0.3 is 0 Å². The molecule has 1 aliphatic heterocycles. The lowest BCUT2D eigenvalue weighted by Gasteiger charge is -2.22. The van der Waals surface area contributed by atoms with E-state index in [0.29, 0.717) is 13.1 Å². The van der Waals surface area contributed by atoms with Crippen LogP contribution in [0.1, 0.15) is 35.3 Å². The van der Waals surface area contributed by atoms with Crippen LogP contribution in [-0.4, -0.2) is 24.1 Å². The van der Waals surface area contributed by atoms with Crippen LogP contribution in [0.25, 0.3) is 10.8 Å². The van der Waals surface area contributed by atoms with E-state index in [1.165, 1.54) is 0 Å². The van der Waals surface area contributed by atoms with Gasteiger partial charge in [-0.25, -0.2) is 0 Å². The van der Waals surface area contributed by atoms with Gasteiger partial charge < -0.3 is 9.64 Å². The number of benzene rings is 3. The van der Waals surface area contributed by atoms with E-state index >= 15 is 0 Å². The zero-order valence-corrected chi connectivity index (χ0v) is 16.8. The number of amides is 1. The first-order valence-corrected chi connectivity index (χ1v) is 9.67. The lowest BCUT2D eigenvalue weighted by molar-refractivity contribution is 0.0991. The normalized spacial score (nSPS) is 12.7. The van der Waals surface area contributed by atoms with Crippen molar-refractivity contribution in [1.29, 1.82) is 5.53 Å². The fraction of sp³-hybridized carbons (Fsp3) is 0.261. The van der Waals surface area contributed by atoms with Gasteiger partial charge in [-0.2, -0.15) is 5.53 Å². The molecular weight excluding hydrogens is 364 g/mol. The molecule has 0 unspecified atom stereocenters. The summed E-state index contributed by atoms with van der Waals surface area (Å²) in [6.07, 6.45) is 0. The van der Waals surface area contributed by atoms with Gasteiger partial charge in [-0.15, -0.1) is 0 Å². The highest BCUT2D eigenvalue weighted by Crippen LogP contribution is 2.40. The number of hydrogen-bond acceptors (Lipinski definition) is 4. The molecule has 148 valence electrons. The Morgan fingerprint density at radius 3 is 2.52 bits per heavy atom. The molecule has 6 heteroatoms. The predicted molar refractivity (Wildman–Crippen MR) is 113 cm³/mol. The molecule has 29 heavy (non-hydrogen) atoms. The average molecular weight is 388 g/mol. The number of nitrogens with zero attached hydrogens (tertiary/aromatic N) is 3. The van der Waals surface area contributed by atoms with Gasteiger partial charge in [0.1, 0.15) is 5.75 Å². The van der Waals surface area contributed by atoms with Crippen LogP contribution in [-0.2, 0) is 13.1 Å². The number of carbonyl (C=O) groups excluding carboxylic acids is 1. The van der Waals surface area contributed by atoms with Crippen LogP contribution in [0.15, 0.2) is 59.8 Å². The summed E-state index contributed by atoms with van der Waals surface area (Å²) in [5, 5.41) is 7.40. The van der Waals surface area contributed by atoms with E-state index in [2.05, 4.69) is 5.22 Å². The Kier molecular flexibility index (Phi) is 4.92. The van der Waals surface area contributed by atoms with Crippen LogP contribution in [0, 0.1) is 5.53 Å². The highest BCUT2D eigenvalue weighted by molar-refractivity contribution is 6.25. The largest absolute Gasteiger partial charge is 0.497 e. The van der Waals surface area contributed by atoms with Crippen molar-refractivity contribution in [2.45, 2.75) is 33.0 Å². The average Bonchev–Trinajstić information content (AvgIpc) is 3.01. The third-order valence-electron chi connectivity index (χ3n) is 5.43. The summed E-state index contributed by atoms with van der Waals surface area (Å²) in [6, 6.07) is 17.8. The van der Waals surface area contributed by atoms with Crippen molar-refractivity contribution in [1.82, 2.24) is 5.01 Å². The van der Waals surface area contributed by atoms with Gasteiger partial charge in [-0.1, -0.05) is 35.6 Å². The topological polar surface area (TPSA) is 69.0 Å². The Bertz CT molecular complexity index is 1080. The summed E-state index contributed by atoms with van der Waals surface area (Å²) in [6.45, 7) is 5.07. The van der Waals surface area contributed by atoms with Gasteiger partial charge in [-0.3, -0.25) is 9.80 Å². The third-order valence-corrected chi connectivity index (χ3v) is 5.43. The summed E-state index contributed by atoms with van der Waals surface area (Å²) < 4.78 is 5.22. The summed E-state index contributed by atoms with van der Waals surface area (Å²) in [5.74, 6) is 0.815. The molecule has 0 bridgehead atoms. The van der Waals surface area contributed by atoms with Crippen LogP contribution in [0.5, 0.6) is 5.75 Å². The molecule has 3 aromatic carbocycles. The van der Waals surface area contributed by atoms with Crippen molar-refractivity contribution in [3.8, 4) is 5.75 Å². The lowest BCUT2D eigenvalue weighted by atomic mass is 10.00. The molecule has 1 N–H and O–H groups in total. The molecule has 0 fully saturated rings. The van der Waals surface area contributed by atoms with Gasteiger partial charge in [0.15, 0.2) is 0 Å². The van der Waals surface area contributed by atoms with Crippen molar-refractivity contribution in [2.75, 3.05) is 12.0 Å². The molecule has 3 aromatic rings. The van der Waals surface area contributed by atoms with Gasteiger partial charge in [0.25, 0.3) is 5.91 Å². The Labute approximate surface area is 170 Å². The monoisotopic (exact) mass is 388 g/mol. The Hall–Kier alpha value is -3.41. The van der Waals surface area contributed by atoms with Crippen LogP contribution >= 0.6 is 0 Å². The number of rotatable bonds is 7. The maximum absolute atomic E-state index is 13.1. The van der Waals surface area contributed by atoms with E-state index in [1.54, 1.807) is 12.1 Å². The molecule has 1 aliphatic rings. The van der Waals surface area contributed by atoms with Crippen molar-refractivity contribution in [3.63, 3.8) is 0 Å². The number of methoxy groups -OCH3 is 1. The number of carbonyl (C=O) groups is 1. The minimum atomic E-state index is 0.0180. The van der Waals surface area contributed by atoms with Crippen molar-refractivity contribution < 1.29 is 9.53 Å². The van der Waals surface area contributed by atoms with Crippen LogP contribution < -0.4 is 9.64 Å². The molecule has 0 aliphatic carbocycles. The molecule has 0 spiro atoms. The van der Waals surface area contributed by atoms with Crippen molar-refractivity contribution >= 4 is 22.4 Å². The predicted octanol–water partition coefficient (Wildman–Crippen LogP) is 5.17. The molecule has 0 saturated heterocycles. The van der Waals surface area contributed by atoms with E-state index in [-0.39, 0.29) is 11.9 Å². The second-order valence-corrected chi connectivity index (χ2v) is 7.50. The second kappa shape index (κ2) is 7.54. The Morgan fingerprint density at radius 2 is 1.86 bits per heavy atom. The second-order valence-electron chi connectivity index (χ2n) is 7.50. The molecule has 1 heterocycles. The van der Waals surface area contributed by atoms with Gasteiger partial charge in [0.05, 0.1) is 25.9 Å². The van der Waals surface area contributed by atoms with E-state index in [0.717, 1.165) is 38.9 Å². The third kappa shape index (κ3) is 3.31. The van der Waals surface area contributed by atoms with E-state index in [4.69, 9.17) is 10.3 Å². The molecule has 0 atom stereocenters. The SMILES string of the molecule is COc1ccc(CN2C(=O)c3cccc4c(CN(N=N)C(C)C)ccc2c34)cc1. The Morgan fingerprint density at radius 1 is 1.10 bits per heavy atom. The Balaban J connectivity index is 1.72. The number of nitrogens with one attached hydrogen (secondary N) is 1. The molecule has 0 aromatic heterocycles. The maximum Gasteiger partial charge on any atom is 0.259 e. The minimum Gasteiger partial charge on any atom is -0.497 e. The van der Waals surface area contributed by atoms with Crippen molar-refractivity contribution in [3.05, 3.63) is 71.3 Å². The summed E-state index contributed by atoms with van der Waals surface area (Å²) in [4.78, 5) is 15.0. The smallest absolute Gasteiger partial charge is 0.259 e. The van der Waals surface area contributed by atoms with Crippen molar-refractivity contribution in [2.24, 2.45) is 5.22 Å². The number of hydrogen-bond donors (Lipinski definition) is 1. The first kappa shape index (κ1) is 18.9. The summed E-state index contributed by atoms with van der Waals surface area (Å²) in [5.41, 5.74) is 11.2. The highest BCUT2D eigenvalue weighted by Gasteiger charge is 2.30. The molecule has 6 nitrogen and oxygen atoms in total. The van der Waals surface area contributed by atoms with E-state index in [1.807, 2.05) is 73.3 Å². The zero-order chi connectivity index (χ0) is 20.5. The zero-order valence-electron chi connectivity index (χ0n) is 16.8. The number of anilines is 1. The molecule has 0 saturated carbocycles.